The number of rotatable bonds is 6. The molecule has 0 spiro atoms. The average Bonchev–Trinajstić information content (AvgIpc) is 2.62. The lowest BCUT2D eigenvalue weighted by atomic mass is 10.2. The van der Waals surface area contributed by atoms with Crippen LogP contribution in [0.1, 0.15) is 19.4 Å². The number of esters is 1. The van der Waals surface area contributed by atoms with Crippen molar-refractivity contribution < 1.29 is 14.3 Å². The lowest BCUT2D eigenvalue weighted by Gasteiger charge is -2.24. The first-order valence-electron chi connectivity index (χ1n) is 8.02. The molecule has 0 aliphatic heterocycles. The van der Waals surface area contributed by atoms with Gasteiger partial charge in [-0.25, -0.2) is 4.79 Å². The Labute approximate surface area is 152 Å². The van der Waals surface area contributed by atoms with Gasteiger partial charge in [-0.3, -0.25) is 4.79 Å². The zero-order chi connectivity index (χ0) is 18.2. The molecule has 0 radical (unpaired) electrons. The standard InChI is InChI=1S/C20H20ClNO3/c1-3-22(17-10-5-4-6-11-17)20(24)15(2)25-19(23)14-13-16-9-7-8-12-18(16)21/h4-15H,3H2,1-2H3/b14-13+/t15-/m0/s1. The highest BCUT2D eigenvalue weighted by molar-refractivity contribution is 6.32. The van der Waals surface area contributed by atoms with E-state index in [0.29, 0.717) is 17.1 Å². The first kappa shape index (κ1) is 18.7. The molecule has 5 heteroatoms. The molecule has 2 aromatic rings. The van der Waals surface area contributed by atoms with E-state index in [4.69, 9.17) is 16.3 Å². The van der Waals surface area contributed by atoms with Crippen molar-refractivity contribution in [2.75, 3.05) is 11.4 Å². The first-order chi connectivity index (χ1) is 12.0. The molecule has 0 fully saturated rings. The van der Waals surface area contributed by atoms with Crippen LogP contribution in [0.15, 0.2) is 60.7 Å². The summed E-state index contributed by atoms with van der Waals surface area (Å²) in [6.07, 6.45) is 1.95. The van der Waals surface area contributed by atoms with Gasteiger partial charge in [0.15, 0.2) is 6.10 Å². The van der Waals surface area contributed by atoms with Crippen LogP contribution in [-0.4, -0.2) is 24.5 Å². The van der Waals surface area contributed by atoms with Gasteiger partial charge >= 0.3 is 5.97 Å². The van der Waals surface area contributed by atoms with Gasteiger partial charge in [0.25, 0.3) is 5.91 Å². The van der Waals surface area contributed by atoms with E-state index in [-0.39, 0.29) is 5.91 Å². The first-order valence-corrected chi connectivity index (χ1v) is 8.40. The third-order valence-corrected chi connectivity index (χ3v) is 3.94. The SMILES string of the molecule is CCN(C(=O)[C@H](C)OC(=O)/C=C/c1ccccc1Cl)c1ccccc1. The molecule has 1 amide bonds. The highest BCUT2D eigenvalue weighted by atomic mass is 35.5. The van der Waals surface area contributed by atoms with Crippen LogP contribution in [0, 0.1) is 0 Å². The maximum atomic E-state index is 12.5. The summed E-state index contributed by atoms with van der Waals surface area (Å²) in [4.78, 5) is 26.1. The molecule has 25 heavy (non-hydrogen) atoms. The van der Waals surface area contributed by atoms with Crippen molar-refractivity contribution in [3.8, 4) is 0 Å². The number of ether oxygens (including phenoxy) is 1. The summed E-state index contributed by atoms with van der Waals surface area (Å²) in [5.41, 5.74) is 1.48. The minimum Gasteiger partial charge on any atom is -0.449 e. The Kier molecular flexibility index (Phi) is 6.78. The van der Waals surface area contributed by atoms with Gasteiger partial charge in [0.2, 0.25) is 0 Å². The van der Waals surface area contributed by atoms with Crippen molar-refractivity contribution in [1.29, 1.82) is 0 Å². The molecule has 130 valence electrons. The number of amides is 1. The lowest BCUT2D eigenvalue weighted by molar-refractivity contribution is -0.149. The number of hydrogen-bond acceptors (Lipinski definition) is 3. The number of nitrogens with zero attached hydrogens (tertiary/aromatic N) is 1. The largest absolute Gasteiger partial charge is 0.449 e. The number of benzene rings is 2. The molecular formula is C20H20ClNO3. The maximum absolute atomic E-state index is 12.5. The third kappa shape index (κ3) is 5.19. The van der Waals surface area contributed by atoms with Gasteiger partial charge in [0.1, 0.15) is 0 Å². The fourth-order valence-electron chi connectivity index (χ4n) is 2.33. The molecule has 0 aromatic heterocycles. The molecular weight excluding hydrogens is 338 g/mol. The van der Waals surface area contributed by atoms with E-state index in [2.05, 4.69) is 0 Å². The van der Waals surface area contributed by atoms with E-state index in [0.717, 1.165) is 5.69 Å². The molecule has 0 unspecified atom stereocenters. The van der Waals surface area contributed by atoms with Gasteiger partial charge in [-0.2, -0.15) is 0 Å². The molecule has 0 N–H and O–H groups in total. The van der Waals surface area contributed by atoms with Crippen molar-refractivity contribution in [2.24, 2.45) is 0 Å². The van der Waals surface area contributed by atoms with Crippen LogP contribution in [0.3, 0.4) is 0 Å². The highest BCUT2D eigenvalue weighted by Gasteiger charge is 2.23. The Morgan fingerprint density at radius 2 is 1.76 bits per heavy atom. The molecule has 1 atom stereocenters. The Morgan fingerprint density at radius 1 is 1.12 bits per heavy atom. The van der Waals surface area contributed by atoms with E-state index in [9.17, 15) is 9.59 Å². The van der Waals surface area contributed by atoms with Crippen LogP contribution in [0.5, 0.6) is 0 Å². The molecule has 0 aliphatic carbocycles. The summed E-state index contributed by atoms with van der Waals surface area (Å²) in [6.45, 7) is 3.92. The molecule has 0 bridgehead atoms. The normalized spacial score (nSPS) is 12.0. The molecule has 2 aromatic carbocycles. The van der Waals surface area contributed by atoms with Gasteiger partial charge in [-0.15, -0.1) is 0 Å². The third-order valence-electron chi connectivity index (χ3n) is 3.60. The van der Waals surface area contributed by atoms with Crippen LogP contribution in [-0.2, 0) is 14.3 Å². The minimum atomic E-state index is -0.886. The number of carbonyl (C=O) groups excluding carboxylic acids is 2. The number of para-hydroxylation sites is 1. The summed E-state index contributed by atoms with van der Waals surface area (Å²) in [7, 11) is 0. The second kappa shape index (κ2) is 9.04. The number of halogens is 1. The van der Waals surface area contributed by atoms with Gasteiger partial charge in [-0.05, 0) is 43.7 Å². The van der Waals surface area contributed by atoms with Crippen LogP contribution in [0.4, 0.5) is 5.69 Å². The molecule has 0 heterocycles. The fourth-order valence-corrected chi connectivity index (χ4v) is 2.52. The van der Waals surface area contributed by atoms with Gasteiger partial charge < -0.3 is 9.64 Å². The Bertz CT molecular complexity index is 759. The van der Waals surface area contributed by atoms with E-state index >= 15 is 0 Å². The van der Waals surface area contributed by atoms with Gasteiger partial charge in [0, 0.05) is 23.3 Å². The van der Waals surface area contributed by atoms with Gasteiger partial charge in [-0.1, -0.05) is 48.0 Å². The Hall–Kier alpha value is -2.59. The second-order valence-electron chi connectivity index (χ2n) is 5.35. The highest BCUT2D eigenvalue weighted by Crippen LogP contribution is 2.17. The van der Waals surface area contributed by atoms with Crippen LogP contribution in [0.2, 0.25) is 5.02 Å². The van der Waals surface area contributed by atoms with Crippen molar-refractivity contribution in [3.63, 3.8) is 0 Å². The fraction of sp³-hybridized carbons (Fsp3) is 0.200. The van der Waals surface area contributed by atoms with E-state index in [1.807, 2.05) is 49.4 Å². The summed E-state index contributed by atoms with van der Waals surface area (Å²) in [5, 5.41) is 0.539. The topological polar surface area (TPSA) is 46.6 Å². The molecule has 0 aliphatic rings. The monoisotopic (exact) mass is 357 g/mol. The summed E-state index contributed by atoms with van der Waals surface area (Å²) >= 11 is 6.03. The zero-order valence-electron chi connectivity index (χ0n) is 14.2. The van der Waals surface area contributed by atoms with Crippen LogP contribution in [0.25, 0.3) is 6.08 Å². The zero-order valence-corrected chi connectivity index (χ0v) is 14.9. The minimum absolute atomic E-state index is 0.270. The van der Waals surface area contributed by atoms with Crippen LogP contribution < -0.4 is 4.90 Å². The number of hydrogen-bond donors (Lipinski definition) is 0. The smallest absolute Gasteiger partial charge is 0.331 e. The van der Waals surface area contributed by atoms with Crippen molar-refractivity contribution >= 4 is 35.2 Å². The summed E-state index contributed by atoms with van der Waals surface area (Å²) in [6, 6.07) is 16.4. The van der Waals surface area contributed by atoms with Crippen LogP contribution >= 0.6 is 11.6 Å². The molecule has 4 nitrogen and oxygen atoms in total. The maximum Gasteiger partial charge on any atom is 0.331 e. The predicted molar refractivity (Wildman–Crippen MR) is 101 cm³/mol. The molecule has 2 rings (SSSR count). The molecule has 0 saturated carbocycles. The second-order valence-corrected chi connectivity index (χ2v) is 5.76. The van der Waals surface area contributed by atoms with Crippen molar-refractivity contribution in [2.45, 2.75) is 20.0 Å². The van der Waals surface area contributed by atoms with E-state index in [1.54, 1.807) is 30.0 Å². The predicted octanol–water partition coefficient (Wildman–Crippen LogP) is 4.34. The van der Waals surface area contributed by atoms with E-state index < -0.39 is 12.1 Å². The van der Waals surface area contributed by atoms with Crippen molar-refractivity contribution in [1.82, 2.24) is 0 Å². The average molecular weight is 358 g/mol. The van der Waals surface area contributed by atoms with Crippen molar-refractivity contribution in [3.05, 3.63) is 71.3 Å². The molecule has 0 saturated heterocycles. The number of likely N-dealkylation sites (N-methyl/N-ethyl adjacent to an activating group) is 1. The Morgan fingerprint density at radius 3 is 2.40 bits per heavy atom. The Balaban J connectivity index is 2.00. The van der Waals surface area contributed by atoms with Gasteiger partial charge in [0.05, 0.1) is 0 Å². The summed E-state index contributed by atoms with van der Waals surface area (Å²) in [5.74, 6) is -0.863. The number of anilines is 1. The number of carbonyl (C=O) groups is 2. The quantitative estimate of drug-likeness (QED) is 0.570. The summed E-state index contributed by atoms with van der Waals surface area (Å²) < 4.78 is 5.22. The van der Waals surface area contributed by atoms with E-state index in [1.165, 1.54) is 6.08 Å². The lowest BCUT2D eigenvalue weighted by Crippen LogP contribution is -2.39.